The lowest BCUT2D eigenvalue weighted by atomic mass is 9.94. The number of benzene rings is 8. The SMILES string of the molecule is c1ccc(-c2nc(-c3ccc(-c4cccc5oc6ccccc6c45)cc3)nc(-c3cccc4c3ccc3ccc5ccccc5c34)n2)cc1. The van der Waals surface area contributed by atoms with Gasteiger partial charge in [-0.1, -0.05) is 152 Å². The number of aromatic nitrogens is 3. The number of hydrogen-bond acceptors (Lipinski definition) is 4. The van der Waals surface area contributed by atoms with Gasteiger partial charge in [0.15, 0.2) is 17.5 Å². The zero-order chi connectivity index (χ0) is 32.3. The van der Waals surface area contributed by atoms with Crippen LogP contribution in [0, 0.1) is 0 Å². The lowest BCUT2D eigenvalue weighted by Crippen LogP contribution is -2.00. The fourth-order valence-corrected chi connectivity index (χ4v) is 7.21. The maximum Gasteiger partial charge on any atom is 0.164 e. The third-order valence-corrected chi connectivity index (χ3v) is 9.53. The Kier molecular flexibility index (Phi) is 6.15. The van der Waals surface area contributed by atoms with Crippen molar-refractivity contribution in [3.05, 3.63) is 164 Å². The Morgan fingerprint density at radius 3 is 1.76 bits per heavy atom. The van der Waals surface area contributed by atoms with Gasteiger partial charge in [-0.25, -0.2) is 15.0 Å². The maximum absolute atomic E-state index is 6.17. The molecule has 0 unspecified atom stereocenters. The van der Waals surface area contributed by atoms with Crippen molar-refractivity contribution in [1.82, 2.24) is 15.0 Å². The molecule has 4 nitrogen and oxygen atoms in total. The van der Waals surface area contributed by atoms with E-state index in [9.17, 15) is 0 Å². The van der Waals surface area contributed by atoms with Gasteiger partial charge >= 0.3 is 0 Å². The van der Waals surface area contributed by atoms with E-state index >= 15 is 0 Å². The Morgan fingerprint density at radius 1 is 0.306 bits per heavy atom. The second-order valence-electron chi connectivity index (χ2n) is 12.4. The van der Waals surface area contributed by atoms with E-state index in [2.05, 4.69) is 115 Å². The second-order valence-corrected chi connectivity index (χ2v) is 12.4. The first-order valence-electron chi connectivity index (χ1n) is 16.4. The highest BCUT2D eigenvalue weighted by molar-refractivity contribution is 6.22. The van der Waals surface area contributed by atoms with Crippen molar-refractivity contribution in [2.24, 2.45) is 0 Å². The van der Waals surface area contributed by atoms with Crippen LogP contribution in [0.1, 0.15) is 0 Å². The highest BCUT2D eigenvalue weighted by Gasteiger charge is 2.17. The summed E-state index contributed by atoms with van der Waals surface area (Å²) in [5.41, 5.74) is 6.85. The second kappa shape index (κ2) is 11.0. The number of para-hydroxylation sites is 1. The number of hydrogen-bond donors (Lipinski definition) is 0. The molecule has 0 aliphatic carbocycles. The third kappa shape index (κ3) is 4.49. The summed E-state index contributed by atoms with van der Waals surface area (Å²) >= 11 is 0. The van der Waals surface area contributed by atoms with Gasteiger partial charge < -0.3 is 4.42 Å². The molecule has 0 saturated heterocycles. The fraction of sp³-hybridized carbons (Fsp3) is 0. The van der Waals surface area contributed by atoms with Crippen molar-refractivity contribution < 1.29 is 4.42 Å². The van der Waals surface area contributed by atoms with Crippen LogP contribution in [0.2, 0.25) is 0 Å². The molecule has 49 heavy (non-hydrogen) atoms. The van der Waals surface area contributed by atoms with Gasteiger partial charge in [-0.2, -0.15) is 0 Å². The zero-order valence-corrected chi connectivity index (χ0v) is 26.3. The normalized spacial score (nSPS) is 11.7. The van der Waals surface area contributed by atoms with Gasteiger partial charge in [-0.05, 0) is 55.6 Å². The van der Waals surface area contributed by atoms with E-state index in [4.69, 9.17) is 19.4 Å². The quantitative estimate of drug-likeness (QED) is 0.183. The first-order valence-corrected chi connectivity index (χ1v) is 16.4. The number of furan rings is 1. The van der Waals surface area contributed by atoms with Crippen molar-refractivity contribution in [3.63, 3.8) is 0 Å². The highest BCUT2D eigenvalue weighted by atomic mass is 16.3. The molecule has 0 aliphatic heterocycles. The molecular formula is C45H27N3O. The smallest absolute Gasteiger partial charge is 0.164 e. The number of fused-ring (bicyclic) bond motifs is 8. The van der Waals surface area contributed by atoms with Crippen molar-refractivity contribution in [2.45, 2.75) is 0 Å². The van der Waals surface area contributed by atoms with Crippen molar-refractivity contribution in [2.75, 3.05) is 0 Å². The van der Waals surface area contributed by atoms with Crippen molar-refractivity contribution >= 4 is 54.3 Å². The Bertz CT molecular complexity index is 2870. The lowest BCUT2D eigenvalue weighted by molar-refractivity contribution is 0.669. The van der Waals surface area contributed by atoms with E-state index < -0.39 is 0 Å². The minimum Gasteiger partial charge on any atom is -0.456 e. The summed E-state index contributed by atoms with van der Waals surface area (Å²) in [7, 11) is 0. The highest BCUT2D eigenvalue weighted by Crippen LogP contribution is 2.39. The fourth-order valence-electron chi connectivity index (χ4n) is 7.21. The predicted molar refractivity (Wildman–Crippen MR) is 201 cm³/mol. The van der Waals surface area contributed by atoms with Crippen LogP contribution in [0.15, 0.2) is 168 Å². The van der Waals surface area contributed by atoms with Gasteiger partial charge in [0.2, 0.25) is 0 Å². The molecule has 0 bridgehead atoms. The molecule has 0 fully saturated rings. The summed E-state index contributed by atoms with van der Waals surface area (Å²) in [6, 6.07) is 56.9. The minimum absolute atomic E-state index is 0.630. The molecule has 0 amide bonds. The lowest BCUT2D eigenvalue weighted by Gasteiger charge is -2.13. The van der Waals surface area contributed by atoms with E-state index in [1.807, 2.05) is 48.5 Å². The Balaban J connectivity index is 1.15. The van der Waals surface area contributed by atoms with Crippen LogP contribution in [0.5, 0.6) is 0 Å². The van der Waals surface area contributed by atoms with Crippen LogP contribution >= 0.6 is 0 Å². The third-order valence-electron chi connectivity index (χ3n) is 9.53. The van der Waals surface area contributed by atoms with Gasteiger partial charge in [0.05, 0.1) is 0 Å². The molecule has 10 aromatic rings. The molecule has 0 spiro atoms. The summed E-state index contributed by atoms with van der Waals surface area (Å²) in [4.78, 5) is 15.2. The van der Waals surface area contributed by atoms with Crippen LogP contribution in [-0.4, -0.2) is 15.0 Å². The minimum atomic E-state index is 0.630. The van der Waals surface area contributed by atoms with E-state index in [1.165, 1.54) is 26.9 Å². The summed E-state index contributed by atoms with van der Waals surface area (Å²) < 4.78 is 6.17. The van der Waals surface area contributed by atoms with Crippen LogP contribution in [0.25, 0.3) is 99.5 Å². The van der Waals surface area contributed by atoms with Crippen LogP contribution in [0.4, 0.5) is 0 Å². The molecule has 2 heterocycles. The van der Waals surface area contributed by atoms with Gasteiger partial charge in [0.25, 0.3) is 0 Å². The van der Waals surface area contributed by atoms with Crippen molar-refractivity contribution in [3.8, 4) is 45.3 Å². The Hall–Kier alpha value is -6.65. The molecule has 4 heteroatoms. The summed E-state index contributed by atoms with van der Waals surface area (Å²) in [6.45, 7) is 0. The van der Waals surface area contributed by atoms with E-state index in [-0.39, 0.29) is 0 Å². The van der Waals surface area contributed by atoms with Gasteiger partial charge in [0.1, 0.15) is 11.2 Å². The van der Waals surface area contributed by atoms with Crippen molar-refractivity contribution in [1.29, 1.82) is 0 Å². The van der Waals surface area contributed by atoms with Gasteiger partial charge in [-0.15, -0.1) is 0 Å². The van der Waals surface area contributed by atoms with E-state index in [0.29, 0.717) is 17.5 Å². The molecule has 10 rings (SSSR count). The van der Waals surface area contributed by atoms with E-state index in [0.717, 1.165) is 55.1 Å². The maximum atomic E-state index is 6.17. The standard InChI is InChI=1S/C45H27N3O/c1-2-11-31(12-3-1)43-46-44(32-24-21-29(22-25-32)34-15-9-19-40-42(34)38-14-6-7-18-39(38)49-40)48-45(47-43)37-17-8-16-36-35(37)27-26-30-23-20-28-10-4-5-13-33(28)41(30)36/h1-27H. The molecule has 0 radical (unpaired) electrons. The molecule has 0 aliphatic rings. The summed E-state index contributed by atoms with van der Waals surface area (Å²) in [6.07, 6.45) is 0. The first-order chi connectivity index (χ1) is 24.3. The number of rotatable bonds is 4. The molecule has 0 saturated carbocycles. The molecule has 2 aromatic heterocycles. The van der Waals surface area contributed by atoms with Gasteiger partial charge in [0, 0.05) is 27.5 Å². The predicted octanol–water partition coefficient (Wildman–Crippen LogP) is 11.9. The average Bonchev–Trinajstić information content (AvgIpc) is 3.57. The number of nitrogens with zero attached hydrogens (tertiary/aromatic N) is 3. The van der Waals surface area contributed by atoms with Gasteiger partial charge in [-0.3, -0.25) is 0 Å². The van der Waals surface area contributed by atoms with Crippen LogP contribution in [-0.2, 0) is 0 Å². The molecule has 8 aromatic carbocycles. The zero-order valence-electron chi connectivity index (χ0n) is 26.3. The van der Waals surface area contributed by atoms with Crippen LogP contribution in [0.3, 0.4) is 0 Å². The van der Waals surface area contributed by atoms with E-state index in [1.54, 1.807) is 0 Å². The molecular weight excluding hydrogens is 599 g/mol. The molecule has 228 valence electrons. The summed E-state index contributed by atoms with van der Waals surface area (Å²) in [5.74, 6) is 1.92. The average molecular weight is 626 g/mol. The Morgan fingerprint density at radius 2 is 0.898 bits per heavy atom. The Labute approximate surface area is 282 Å². The summed E-state index contributed by atoms with van der Waals surface area (Å²) in [5, 5.41) is 9.44. The monoisotopic (exact) mass is 625 g/mol. The molecule has 0 N–H and O–H groups in total. The largest absolute Gasteiger partial charge is 0.456 e. The topological polar surface area (TPSA) is 51.8 Å². The first kappa shape index (κ1) is 27.5. The molecule has 0 atom stereocenters. The van der Waals surface area contributed by atoms with Crippen LogP contribution < -0.4 is 0 Å².